The van der Waals surface area contributed by atoms with Crippen molar-refractivity contribution >= 4 is 31.1 Å². The van der Waals surface area contributed by atoms with Crippen molar-refractivity contribution in [3.05, 3.63) is 182 Å². The minimum atomic E-state index is -6.00. The molecular formula is C32H30BF4NOPRe-2. The summed E-state index contributed by atoms with van der Waals surface area (Å²) < 4.78 is 39.0. The molecule has 41 heavy (non-hydrogen) atoms. The molecule has 9 heteroatoms. The molecule has 0 bridgehead atoms. The molecule has 0 heterocycles. The Morgan fingerprint density at radius 1 is 0.561 bits per heavy atom. The summed E-state index contributed by atoms with van der Waals surface area (Å²) >= 11 is 0. The molecule has 0 spiro atoms. The average Bonchev–Trinajstić information content (AvgIpc) is 3.57. The molecule has 0 atom stereocenters. The van der Waals surface area contributed by atoms with Crippen molar-refractivity contribution in [3.63, 3.8) is 0 Å². The van der Waals surface area contributed by atoms with Crippen LogP contribution < -0.4 is 15.9 Å². The monoisotopic (exact) mass is 749 g/mol. The number of benzene rings is 4. The van der Waals surface area contributed by atoms with Crippen LogP contribution in [0.3, 0.4) is 0 Å². The van der Waals surface area contributed by atoms with E-state index in [-0.39, 0.29) is 20.4 Å². The van der Waals surface area contributed by atoms with E-state index in [1.54, 1.807) is 0 Å². The van der Waals surface area contributed by atoms with Gasteiger partial charge in [-0.05, 0) is 67.9 Å². The molecule has 4 aromatic carbocycles. The van der Waals surface area contributed by atoms with E-state index in [1.807, 2.05) is 56.4 Å². The molecule has 4 aromatic rings. The summed E-state index contributed by atoms with van der Waals surface area (Å²) in [6.45, 7) is 3.66. The number of nitrogens with zero attached hydrogens (tertiary/aromatic N) is 1. The Morgan fingerprint density at radius 3 is 1.05 bits per heavy atom. The van der Waals surface area contributed by atoms with Crippen LogP contribution in [-0.2, 0) is 26.8 Å². The van der Waals surface area contributed by atoms with Gasteiger partial charge in [0.25, 0.3) is 0 Å². The van der Waals surface area contributed by atoms with E-state index in [4.69, 9.17) is 10.5 Å². The second-order valence-corrected chi connectivity index (χ2v) is 10.00. The van der Waals surface area contributed by atoms with Gasteiger partial charge in [-0.3, -0.25) is 0 Å². The maximum absolute atomic E-state index is 9.75. The van der Waals surface area contributed by atoms with Crippen molar-refractivity contribution in [1.82, 2.24) is 0 Å². The van der Waals surface area contributed by atoms with Gasteiger partial charge >= 0.3 is 7.25 Å². The summed E-state index contributed by atoms with van der Waals surface area (Å²) in [6.07, 6.45) is 12.9. The van der Waals surface area contributed by atoms with Gasteiger partial charge in [0.1, 0.15) is 0 Å². The fraction of sp³-hybridized carbons (Fsp3) is 0.0312. The van der Waals surface area contributed by atoms with Crippen LogP contribution in [0.4, 0.5) is 17.3 Å². The SMILES string of the molecule is C=CCc1ccccc1.F[B-](F)(F)F.[CH]1[CH][CH][CH][CH]1.[N-]=O.[Re].c1ccc(P(c2ccccc2)c2ccccc2)cc1. The maximum atomic E-state index is 9.75. The Hall–Kier alpha value is -2.90. The van der Waals surface area contributed by atoms with Crippen LogP contribution in [0.5, 0.6) is 0 Å². The minimum absolute atomic E-state index is 0. The Balaban J connectivity index is 0.000000605. The van der Waals surface area contributed by atoms with Gasteiger partial charge in [0.05, 0.1) is 0 Å². The zero-order valence-electron chi connectivity index (χ0n) is 22.2. The zero-order valence-corrected chi connectivity index (χ0v) is 25.8. The molecule has 6 radical (unpaired) electrons. The van der Waals surface area contributed by atoms with Crippen LogP contribution in [-0.4, -0.2) is 7.25 Å². The summed E-state index contributed by atoms with van der Waals surface area (Å²) in [5.74, 6) is 0. The Bertz CT molecular complexity index is 1050. The molecule has 0 saturated heterocycles. The molecule has 1 aliphatic rings. The third-order valence-corrected chi connectivity index (χ3v) is 7.27. The van der Waals surface area contributed by atoms with Gasteiger partial charge in [-0.15, -0.1) is 6.58 Å². The molecule has 1 saturated carbocycles. The summed E-state index contributed by atoms with van der Waals surface area (Å²) in [7, 11) is -6.45. The minimum Gasteiger partial charge on any atom is -0.577 e. The van der Waals surface area contributed by atoms with E-state index < -0.39 is 15.2 Å². The smallest absolute Gasteiger partial charge is 0.577 e. The van der Waals surface area contributed by atoms with Gasteiger partial charge in [0.2, 0.25) is 0 Å². The normalized spacial score (nSPS) is 11.3. The first-order valence-electron chi connectivity index (χ1n) is 12.2. The van der Waals surface area contributed by atoms with E-state index in [2.05, 4.69) is 110 Å². The number of rotatable bonds is 5. The quantitative estimate of drug-likeness (QED) is 0.0874. The maximum Gasteiger partial charge on any atom is 0.673 e. The van der Waals surface area contributed by atoms with Gasteiger partial charge in [0, 0.05) is 20.4 Å². The standard InChI is InChI=1S/C18H15P.C9H10.C5H5.BF4.NO.Re/c1-4-10-16(11-5-1)19(17-12-6-2-7-13-17)18-14-8-3-9-15-18;1-2-6-9-7-4-3-5-8-9;1-2-4-5-3-1;2-1(3,4)5;1-2;/h1-15H;2-5,7-8H,1,6H2;1-5H;;;/q;;;2*-1;. The number of hydrogen-bond acceptors (Lipinski definition) is 1. The van der Waals surface area contributed by atoms with Crippen molar-refractivity contribution in [2.24, 2.45) is 0 Å². The van der Waals surface area contributed by atoms with E-state index >= 15 is 0 Å². The van der Waals surface area contributed by atoms with Crippen LogP contribution in [0.25, 0.3) is 5.59 Å². The largest absolute Gasteiger partial charge is 0.673 e. The van der Waals surface area contributed by atoms with Gasteiger partial charge in [-0.1, -0.05) is 127 Å². The predicted octanol–water partition coefficient (Wildman–Crippen LogP) is 8.50. The van der Waals surface area contributed by atoms with E-state index in [1.165, 1.54) is 21.5 Å². The van der Waals surface area contributed by atoms with Crippen molar-refractivity contribution in [3.8, 4) is 0 Å². The predicted molar refractivity (Wildman–Crippen MR) is 164 cm³/mol. The first-order valence-corrected chi connectivity index (χ1v) is 13.5. The summed E-state index contributed by atoms with van der Waals surface area (Å²) in [4.78, 5) is 7.25. The van der Waals surface area contributed by atoms with Crippen molar-refractivity contribution in [2.45, 2.75) is 6.42 Å². The summed E-state index contributed by atoms with van der Waals surface area (Å²) in [5.41, 5.74) is 7.08. The number of allylic oxidation sites excluding steroid dienone is 1. The third kappa shape index (κ3) is 19.0. The number of hydrogen-bond donors (Lipinski definition) is 0. The molecule has 0 aromatic heterocycles. The third-order valence-electron chi connectivity index (χ3n) is 4.82. The molecule has 0 unspecified atom stereocenters. The molecule has 214 valence electrons. The Labute approximate surface area is 256 Å². The average molecular weight is 749 g/mol. The fourth-order valence-corrected chi connectivity index (χ4v) is 5.59. The molecule has 1 fully saturated rings. The molecule has 5 rings (SSSR count). The van der Waals surface area contributed by atoms with E-state index in [0.29, 0.717) is 0 Å². The fourth-order valence-electron chi connectivity index (χ4n) is 3.28. The molecule has 0 N–H and O–H groups in total. The van der Waals surface area contributed by atoms with Crippen molar-refractivity contribution < 1.29 is 37.7 Å². The number of nitroso groups, excluding NO2 is 1. The second kappa shape index (κ2) is 23.8. The van der Waals surface area contributed by atoms with Gasteiger partial charge in [-0.2, -0.15) is 0 Å². The van der Waals surface area contributed by atoms with Crippen molar-refractivity contribution in [1.29, 1.82) is 0 Å². The van der Waals surface area contributed by atoms with Crippen LogP contribution in [0, 0.1) is 37.0 Å². The molecule has 1 aliphatic carbocycles. The summed E-state index contributed by atoms with van der Waals surface area (Å²) in [6, 6.07) is 42.6. The summed E-state index contributed by atoms with van der Waals surface area (Å²) in [5, 5.41) is 4.19. The van der Waals surface area contributed by atoms with Crippen LogP contribution in [0.1, 0.15) is 5.56 Å². The topological polar surface area (TPSA) is 39.4 Å². The van der Waals surface area contributed by atoms with Gasteiger partial charge in [-0.25, -0.2) is 0 Å². The Morgan fingerprint density at radius 2 is 0.805 bits per heavy atom. The van der Waals surface area contributed by atoms with Crippen LogP contribution in [0.2, 0.25) is 0 Å². The van der Waals surface area contributed by atoms with Crippen molar-refractivity contribution in [2.75, 3.05) is 0 Å². The molecule has 0 amide bonds. The first kappa shape index (κ1) is 38.1. The van der Waals surface area contributed by atoms with E-state index in [0.717, 1.165) is 6.42 Å². The molecular weight excluding hydrogens is 718 g/mol. The van der Waals surface area contributed by atoms with Crippen LogP contribution >= 0.6 is 7.92 Å². The van der Waals surface area contributed by atoms with Gasteiger partial charge in [0.15, 0.2) is 0 Å². The number of halogens is 4. The Kier molecular flexibility index (Phi) is 22.1. The van der Waals surface area contributed by atoms with Gasteiger partial charge < -0.3 is 27.8 Å². The molecule has 0 aliphatic heterocycles. The first-order chi connectivity index (χ1) is 19.4. The zero-order chi connectivity index (χ0) is 29.5. The molecule has 2 nitrogen and oxygen atoms in total. The van der Waals surface area contributed by atoms with E-state index in [9.17, 15) is 17.3 Å². The van der Waals surface area contributed by atoms with Crippen LogP contribution in [0.15, 0.2) is 134 Å². The second-order valence-electron chi connectivity index (χ2n) is 7.78.